The molecule has 4 aliphatic rings. The molecule has 1 aliphatic heterocycles. The van der Waals surface area contributed by atoms with Gasteiger partial charge in [-0.25, -0.2) is 14.4 Å². The molecule has 0 radical (unpaired) electrons. The van der Waals surface area contributed by atoms with Gasteiger partial charge in [0.2, 0.25) is 6.10 Å². The first-order chi connectivity index (χ1) is 37.9. The molecule has 0 spiro atoms. The zero-order valence-corrected chi connectivity index (χ0v) is 48.4. The van der Waals surface area contributed by atoms with Crippen molar-refractivity contribution in [2.24, 2.45) is 16.7 Å². The van der Waals surface area contributed by atoms with E-state index in [9.17, 15) is 39.0 Å². The van der Waals surface area contributed by atoms with E-state index in [0.717, 1.165) is 45.4 Å². The summed E-state index contributed by atoms with van der Waals surface area (Å²) in [5.41, 5.74) is -10.7. The number of alkyl halides is 3. The highest BCUT2D eigenvalue weighted by Gasteiger charge is 2.78. The fourth-order valence-electron chi connectivity index (χ4n) is 11.6. The number of amides is 1. The van der Waals surface area contributed by atoms with E-state index in [-0.39, 0.29) is 41.7 Å². The number of benzene rings is 1. The summed E-state index contributed by atoms with van der Waals surface area (Å²) in [7, 11) is 1.28. The summed E-state index contributed by atoms with van der Waals surface area (Å²) in [4.78, 5) is 98.8. The summed E-state index contributed by atoms with van der Waals surface area (Å²) in [5.74, 6) is -8.93. The second-order valence-corrected chi connectivity index (χ2v) is 23.0. The van der Waals surface area contributed by atoms with Crippen LogP contribution >= 0.6 is 0 Å². The molecule has 21 heteroatoms. The van der Waals surface area contributed by atoms with Gasteiger partial charge in [-0.3, -0.25) is 19.2 Å². The lowest BCUT2D eigenvalue weighted by molar-refractivity contribution is -0.346. The fourth-order valence-corrected chi connectivity index (χ4v) is 11.6. The number of alkyl carbamates (subject to hydrolysis) is 1. The highest BCUT2D eigenvalue weighted by molar-refractivity contribution is 5.96. The maximum atomic E-state index is 15.8. The van der Waals surface area contributed by atoms with Gasteiger partial charge in [-0.2, -0.15) is 13.2 Å². The Labute approximate surface area is 472 Å². The van der Waals surface area contributed by atoms with Gasteiger partial charge in [0.1, 0.15) is 40.8 Å². The summed E-state index contributed by atoms with van der Waals surface area (Å²) in [5, 5.41) is 27.8. The standard InChI is InChI=1S/C60H82F3NO17/c1-12-14-15-16-17-18-19-20-21-22-23-24-25-26-27-32-44(68)78-47(49(60(61,62)63)64-54(72)81-55(5,6)7)53(71)76-40-34-59(73)51(79-52(70)38-30-28-29-31-39(38)74-11)48-57(10,41(66)33-42-58(48,35-75-42)80-37(4)65)50(69)46(77-43(67)13-2)45(36(40)3)56(59,8)9/h15-16,18-19,21-22,28-31,40-42,46-49,51,66,73H,12-14,17,20,23-27,32-35H2,1-11H3,(H,64,72)/b16-15-,19-18-,22-21-/t40-,41-,42+,46+,47+,48?,49+,51?,57+,58-,59+/m0/s1. The van der Waals surface area contributed by atoms with Gasteiger partial charge in [0.05, 0.1) is 31.2 Å². The molecule has 5 rings (SSSR count). The Morgan fingerprint density at radius 2 is 1.51 bits per heavy atom. The molecule has 1 aromatic rings. The molecule has 3 aliphatic carbocycles. The summed E-state index contributed by atoms with van der Waals surface area (Å²) < 4.78 is 92.4. The number of carbonyl (C=O) groups is 7. The van der Waals surface area contributed by atoms with Crippen molar-refractivity contribution >= 4 is 41.7 Å². The molecule has 81 heavy (non-hydrogen) atoms. The molecule has 1 heterocycles. The van der Waals surface area contributed by atoms with Crippen LogP contribution in [0.15, 0.2) is 71.9 Å². The lowest BCUT2D eigenvalue weighted by Gasteiger charge is -2.67. The predicted molar refractivity (Wildman–Crippen MR) is 288 cm³/mol. The predicted octanol–water partition coefficient (Wildman–Crippen LogP) is 9.56. The average molecular weight is 1150 g/mol. The van der Waals surface area contributed by atoms with Crippen LogP contribution in [0.4, 0.5) is 18.0 Å². The molecule has 450 valence electrons. The third kappa shape index (κ3) is 15.0. The summed E-state index contributed by atoms with van der Waals surface area (Å²) in [6.07, 6.45) is -2.01. The second kappa shape index (κ2) is 27.3. The number of methoxy groups -OCH3 is 1. The molecular formula is C60H82F3NO17. The number of aliphatic hydroxyl groups is 2. The van der Waals surface area contributed by atoms with Gasteiger partial charge < -0.3 is 53.4 Å². The number of unbranched alkanes of at least 4 members (excludes halogenated alkanes) is 5. The SMILES string of the molecule is CCC/C=C\C/C=C\C/C=C\CCCCCCC(=O)O[C@@H](C(=O)O[C@H]1C[C@@]2(O)C(OC(=O)c3ccccc3OC)C3[C@](C)(C(=O)[C@H](OC(=O)CC)C(=C1C)C2(C)C)[C@@H](O)C[C@H]1OC[C@@]31OC(C)=O)[C@@H](NC(=O)OC(C)(C)C)C(F)(F)F. The molecule has 2 unspecified atom stereocenters. The molecule has 1 saturated heterocycles. The normalized spacial score (nSPS) is 27.9. The molecule has 11 atom stereocenters. The third-order valence-corrected chi connectivity index (χ3v) is 15.8. The van der Waals surface area contributed by atoms with E-state index in [1.54, 1.807) is 11.4 Å². The molecule has 3 fully saturated rings. The molecule has 3 N–H and O–H groups in total. The Kier molecular flexibility index (Phi) is 22.2. The van der Waals surface area contributed by atoms with Crippen molar-refractivity contribution in [3.05, 3.63) is 77.4 Å². The molecule has 18 nitrogen and oxygen atoms in total. The van der Waals surface area contributed by atoms with Gasteiger partial charge in [-0.1, -0.05) is 95.5 Å². The number of hydrogen-bond donors (Lipinski definition) is 3. The van der Waals surface area contributed by atoms with E-state index < -0.39 is 144 Å². The Hall–Kier alpha value is -6.06. The number of aliphatic hydroxyl groups excluding tert-OH is 1. The highest BCUT2D eigenvalue weighted by atomic mass is 19.4. The Morgan fingerprint density at radius 1 is 0.877 bits per heavy atom. The van der Waals surface area contributed by atoms with E-state index in [1.807, 2.05) is 12.2 Å². The first-order valence-electron chi connectivity index (χ1n) is 27.9. The van der Waals surface area contributed by atoms with Crippen LogP contribution in [0.1, 0.15) is 163 Å². The number of allylic oxidation sites excluding steroid dienone is 6. The van der Waals surface area contributed by atoms with Crippen molar-refractivity contribution in [3.8, 4) is 5.75 Å². The van der Waals surface area contributed by atoms with Crippen LogP contribution in [0.3, 0.4) is 0 Å². The smallest absolute Gasteiger partial charge is 0.413 e. The number of nitrogens with one attached hydrogen (secondary N) is 1. The monoisotopic (exact) mass is 1150 g/mol. The minimum atomic E-state index is -5.52. The minimum absolute atomic E-state index is 0.00778. The Morgan fingerprint density at radius 3 is 2.09 bits per heavy atom. The van der Waals surface area contributed by atoms with E-state index in [4.69, 9.17) is 37.9 Å². The summed E-state index contributed by atoms with van der Waals surface area (Å²) >= 11 is 0. The Bertz CT molecular complexity index is 2570. The van der Waals surface area contributed by atoms with E-state index >= 15 is 18.0 Å². The summed E-state index contributed by atoms with van der Waals surface area (Å²) in [6, 6.07) is 2.55. The minimum Gasteiger partial charge on any atom is -0.496 e. The van der Waals surface area contributed by atoms with Crippen molar-refractivity contribution in [3.63, 3.8) is 0 Å². The number of para-hydroxylation sites is 1. The number of ether oxygens (including phenoxy) is 8. The zero-order valence-electron chi connectivity index (χ0n) is 48.4. The lowest BCUT2D eigenvalue weighted by Crippen LogP contribution is -2.82. The number of fused-ring (bicyclic) bond motifs is 5. The largest absolute Gasteiger partial charge is 0.496 e. The van der Waals surface area contributed by atoms with Crippen LogP contribution in [-0.2, 0) is 57.1 Å². The first kappa shape index (κ1) is 65.7. The maximum Gasteiger partial charge on any atom is 0.413 e. The van der Waals surface area contributed by atoms with Crippen LogP contribution in [0, 0.1) is 16.7 Å². The van der Waals surface area contributed by atoms with Gasteiger partial charge in [0, 0.05) is 38.0 Å². The highest BCUT2D eigenvalue weighted by Crippen LogP contribution is 2.64. The van der Waals surface area contributed by atoms with Gasteiger partial charge in [0.25, 0.3) is 0 Å². The number of Topliss-reactive ketones (excluding diaryl/α,β-unsaturated/α-hetero) is 1. The number of ketones is 1. The molecule has 2 saturated carbocycles. The topological polar surface area (TPSA) is 246 Å². The van der Waals surface area contributed by atoms with Crippen molar-refractivity contribution in [1.82, 2.24) is 5.32 Å². The molecule has 2 bridgehead atoms. The van der Waals surface area contributed by atoms with Crippen molar-refractivity contribution in [2.75, 3.05) is 13.7 Å². The van der Waals surface area contributed by atoms with E-state index in [0.29, 0.717) is 12.8 Å². The van der Waals surface area contributed by atoms with Crippen LogP contribution < -0.4 is 10.1 Å². The maximum absolute atomic E-state index is 15.8. The molecule has 1 aromatic carbocycles. The number of carbonyl (C=O) groups excluding carboxylic acids is 7. The quantitative estimate of drug-likeness (QED) is 0.0377. The van der Waals surface area contributed by atoms with Crippen LogP contribution in [0.5, 0.6) is 5.75 Å². The van der Waals surface area contributed by atoms with Gasteiger partial charge in [0.15, 0.2) is 23.5 Å². The fraction of sp³-hybridized carbons (Fsp3) is 0.650. The summed E-state index contributed by atoms with van der Waals surface area (Å²) in [6.45, 7) is 13.8. The molecule has 1 amide bonds. The second-order valence-electron chi connectivity index (χ2n) is 23.0. The van der Waals surface area contributed by atoms with Crippen LogP contribution in [0.2, 0.25) is 0 Å². The van der Waals surface area contributed by atoms with Crippen LogP contribution in [0.25, 0.3) is 0 Å². The molecule has 0 aromatic heterocycles. The van der Waals surface area contributed by atoms with Crippen molar-refractivity contribution in [2.45, 2.75) is 218 Å². The number of hydrogen-bond acceptors (Lipinski definition) is 17. The number of halogens is 3. The van der Waals surface area contributed by atoms with Gasteiger partial charge >= 0.3 is 42.1 Å². The van der Waals surface area contributed by atoms with Gasteiger partial charge in [-0.15, -0.1) is 0 Å². The first-order valence-corrected chi connectivity index (χ1v) is 27.9. The number of rotatable bonds is 24. The Balaban J connectivity index is 1.59. The van der Waals surface area contributed by atoms with E-state index in [1.165, 1.54) is 80.7 Å². The third-order valence-electron chi connectivity index (χ3n) is 15.8. The number of esters is 5. The van der Waals surface area contributed by atoms with Crippen molar-refractivity contribution < 1.29 is 94.8 Å². The zero-order chi connectivity index (χ0) is 60.3. The van der Waals surface area contributed by atoms with E-state index in [2.05, 4.69) is 31.2 Å². The van der Waals surface area contributed by atoms with Gasteiger partial charge in [-0.05, 0) is 96.4 Å². The van der Waals surface area contributed by atoms with Crippen molar-refractivity contribution in [1.29, 1.82) is 0 Å². The lowest BCUT2D eigenvalue weighted by atomic mass is 9.44. The molecular weight excluding hydrogens is 1060 g/mol. The average Bonchev–Trinajstić information content (AvgIpc) is 3.56. The van der Waals surface area contributed by atoms with Crippen LogP contribution in [-0.4, -0.2) is 131 Å².